The number of nitrogens with one attached hydrogen (secondary N) is 1. The van der Waals surface area contributed by atoms with Gasteiger partial charge in [-0.25, -0.2) is 8.42 Å². The highest BCUT2D eigenvalue weighted by atomic mass is 32.2. The molecule has 4 rings (SSSR count). The van der Waals surface area contributed by atoms with Gasteiger partial charge < -0.3 is 10.2 Å². The number of rotatable bonds is 10. The maximum absolute atomic E-state index is 13.6. The highest BCUT2D eigenvalue weighted by Gasteiger charge is 2.27. The molecule has 0 atom stereocenters. The van der Waals surface area contributed by atoms with E-state index in [-0.39, 0.29) is 23.9 Å². The van der Waals surface area contributed by atoms with Crippen molar-refractivity contribution in [3.05, 3.63) is 89.5 Å². The van der Waals surface area contributed by atoms with Crippen LogP contribution in [0.25, 0.3) is 0 Å². The minimum absolute atomic E-state index is 0.124. The maximum atomic E-state index is 13.6. The molecular weight excluding hydrogens is 506 g/mol. The first kappa shape index (κ1) is 26.8. The molecule has 0 aromatic heterocycles. The lowest BCUT2D eigenvalue weighted by Crippen LogP contribution is -2.40. The van der Waals surface area contributed by atoms with E-state index in [1.165, 1.54) is 11.8 Å². The fourth-order valence-electron chi connectivity index (χ4n) is 4.24. The van der Waals surface area contributed by atoms with E-state index in [4.69, 9.17) is 0 Å². The van der Waals surface area contributed by atoms with Gasteiger partial charge in [0.25, 0.3) is 10.0 Å². The van der Waals surface area contributed by atoms with E-state index in [1.54, 1.807) is 36.4 Å². The number of nitrogens with zero attached hydrogens (tertiary/aromatic N) is 2. The molecule has 1 N–H and O–H groups in total. The van der Waals surface area contributed by atoms with Crippen LogP contribution in [0.4, 0.5) is 5.69 Å². The number of likely N-dealkylation sites (tertiary alicyclic amines) is 1. The second kappa shape index (κ2) is 11.8. The van der Waals surface area contributed by atoms with Crippen LogP contribution >= 0.6 is 11.8 Å². The van der Waals surface area contributed by atoms with Crippen LogP contribution in [0, 0.1) is 6.92 Å². The summed E-state index contributed by atoms with van der Waals surface area (Å²) in [7, 11) is -3.98. The van der Waals surface area contributed by atoms with Crippen molar-refractivity contribution in [2.24, 2.45) is 0 Å². The normalized spacial score (nSPS) is 13.6. The van der Waals surface area contributed by atoms with Crippen molar-refractivity contribution in [3.8, 4) is 0 Å². The van der Waals surface area contributed by atoms with Crippen LogP contribution in [0.2, 0.25) is 0 Å². The van der Waals surface area contributed by atoms with Crippen LogP contribution in [0.5, 0.6) is 0 Å². The Labute approximate surface area is 222 Å². The van der Waals surface area contributed by atoms with Crippen LogP contribution in [-0.2, 0) is 32.7 Å². The van der Waals surface area contributed by atoms with Crippen LogP contribution in [0.3, 0.4) is 0 Å². The SMILES string of the molecule is CSc1ccc(S(=O)(=O)N(CC(=O)NCc2ccccc2CN2CCCC2=O)c2ccc(C)cc2)cc1. The van der Waals surface area contributed by atoms with Crippen molar-refractivity contribution in [2.45, 2.75) is 42.6 Å². The monoisotopic (exact) mass is 537 g/mol. The third-order valence-corrected chi connectivity index (χ3v) is 8.92. The van der Waals surface area contributed by atoms with E-state index in [2.05, 4.69) is 5.32 Å². The molecule has 0 aliphatic carbocycles. The van der Waals surface area contributed by atoms with Gasteiger partial charge in [-0.3, -0.25) is 13.9 Å². The molecule has 3 aromatic carbocycles. The number of amides is 2. The summed E-state index contributed by atoms with van der Waals surface area (Å²) in [5, 5.41) is 2.88. The third kappa shape index (κ3) is 6.53. The van der Waals surface area contributed by atoms with Gasteiger partial charge in [-0.1, -0.05) is 42.0 Å². The molecule has 1 aliphatic heterocycles. The van der Waals surface area contributed by atoms with Gasteiger partial charge in [0.2, 0.25) is 11.8 Å². The predicted octanol–water partition coefficient (Wildman–Crippen LogP) is 4.35. The number of carbonyl (C=O) groups is 2. The van der Waals surface area contributed by atoms with Crippen LogP contribution in [0.15, 0.2) is 82.6 Å². The first-order valence-corrected chi connectivity index (χ1v) is 14.8. The lowest BCUT2D eigenvalue weighted by molar-refractivity contribution is -0.128. The minimum atomic E-state index is -3.98. The molecule has 194 valence electrons. The maximum Gasteiger partial charge on any atom is 0.264 e. The van der Waals surface area contributed by atoms with Crippen molar-refractivity contribution >= 4 is 39.3 Å². The molecule has 0 unspecified atom stereocenters. The summed E-state index contributed by atoms with van der Waals surface area (Å²) in [6.45, 7) is 3.04. The highest BCUT2D eigenvalue weighted by molar-refractivity contribution is 7.98. The summed E-state index contributed by atoms with van der Waals surface area (Å²) in [5.41, 5.74) is 3.27. The standard InChI is InChI=1S/C28H31N3O4S2/c1-21-9-11-24(12-10-21)31(37(34,35)26-15-13-25(36-2)14-16-26)20-27(32)29-18-22-6-3-4-7-23(22)19-30-17-5-8-28(30)33/h3-4,6-7,9-16H,5,8,17-20H2,1-2H3,(H,29,32). The molecular formula is C28H31N3O4S2. The molecule has 1 heterocycles. The van der Waals surface area contributed by atoms with Crippen molar-refractivity contribution in [1.82, 2.24) is 10.2 Å². The Kier molecular flexibility index (Phi) is 8.56. The van der Waals surface area contributed by atoms with Crippen molar-refractivity contribution in [1.29, 1.82) is 0 Å². The minimum Gasteiger partial charge on any atom is -0.350 e. The Morgan fingerprint density at radius 3 is 2.30 bits per heavy atom. The van der Waals surface area contributed by atoms with Crippen LogP contribution in [0.1, 0.15) is 29.5 Å². The van der Waals surface area contributed by atoms with E-state index >= 15 is 0 Å². The zero-order valence-electron chi connectivity index (χ0n) is 21.0. The van der Waals surface area contributed by atoms with Crippen molar-refractivity contribution < 1.29 is 18.0 Å². The van der Waals surface area contributed by atoms with E-state index in [9.17, 15) is 18.0 Å². The molecule has 9 heteroatoms. The molecule has 1 saturated heterocycles. The average Bonchev–Trinajstić information content (AvgIpc) is 3.31. The highest BCUT2D eigenvalue weighted by Crippen LogP contribution is 2.26. The van der Waals surface area contributed by atoms with Crippen LogP contribution in [-0.4, -0.2) is 44.5 Å². The molecule has 0 saturated carbocycles. The fraction of sp³-hybridized carbons (Fsp3) is 0.286. The Bertz CT molecular complexity index is 1360. The molecule has 37 heavy (non-hydrogen) atoms. The van der Waals surface area contributed by atoms with Gasteiger partial charge in [0.15, 0.2) is 0 Å². The van der Waals surface area contributed by atoms with Crippen molar-refractivity contribution in [3.63, 3.8) is 0 Å². The summed E-state index contributed by atoms with van der Waals surface area (Å²) in [6.07, 6.45) is 3.36. The Morgan fingerprint density at radius 1 is 1.00 bits per heavy atom. The molecule has 0 radical (unpaired) electrons. The molecule has 3 aromatic rings. The largest absolute Gasteiger partial charge is 0.350 e. The number of sulfonamides is 1. The molecule has 2 amide bonds. The Hall–Kier alpha value is -3.30. The van der Waals surface area contributed by atoms with Gasteiger partial charge >= 0.3 is 0 Å². The molecule has 1 fully saturated rings. The fourth-order valence-corrected chi connectivity index (χ4v) is 6.07. The first-order chi connectivity index (χ1) is 17.8. The number of benzene rings is 3. The molecule has 7 nitrogen and oxygen atoms in total. The number of anilines is 1. The topological polar surface area (TPSA) is 86.8 Å². The second-order valence-electron chi connectivity index (χ2n) is 8.99. The molecule has 0 spiro atoms. The number of hydrogen-bond acceptors (Lipinski definition) is 5. The quantitative estimate of drug-likeness (QED) is 0.389. The molecule has 0 bridgehead atoms. The number of carbonyl (C=O) groups excluding carboxylic acids is 2. The van der Waals surface area contributed by atoms with Gasteiger partial charge in [0.1, 0.15) is 6.54 Å². The zero-order valence-corrected chi connectivity index (χ0v) is 22.6. The summed E-state index contributed by atoms with van der Waals surface area (Å²) in [6, 6.07) is 21.4. The molecule has 1 aliphatic rings. The number of aryl methyl sites for hydroxylation is 1. The lowest BCUT2D eigenvalue weighted by atomic mass is 10.1. The first-order valence-electron chi connectivity index (χ1n) is 12.1. The van der Waals surface area contributed by atoms with Gasteiger partial charge in [-0.05, 0) is 67.1 Å². The van der Waals surface area contributed by atoms with E-state index in [0.717, 1.165) is 38.9 Å². The van der Waals surface area contributed by atoms with Gasteiger partial charge in [-0.15, -0.1) is 11.8 Å². The summed E-state index contributed by atoms with van der Waals surface area (Å²) >= 11 is 1.53. The summed E-state index contributed by atoms with van der Waals surface area (Å²) in [5.74, 6) is -0.278. The summed E-state index contributed by atoms with van der Waals surface area (Å²) < 4.78 is 28.4. The number of thioether (sulfide) groups is 1. The predicted molar refractivity (Wildman–Crippen MR) is 147 cm³/mol. The summed E-state index contributed by atoms with van der Waals surface area (Å²) in [4.78, 5) is 28.0. The zero-order chi connectivity index (χ0) is 26.4. The Balaban J connectivity index is 1.52. The second-order valence-corrected chi connectivity index (χ2v) is 11.7. The smallest absolute Gasteiger partial charge is 0.264 e. The average molecular weight is 538 g/mol. The van der Waals surface area contributed by atoms with Crippen LogP contribution < -0.4 is 9.62 Å². The van der Waals surface area contributed by atoms with Gasteiger partial charge in [0.05, 0.1) is 10.6 Å². The Morgan fingerprint density at radius 2 is 1.68 bits per heavy atom. The van der Waals surface area contributed by atoms with Gasteiger partial charge in [-0.2, -0.15) is 0 Å². The van der Waals surface area contributed by atoms with Crippen molar-refractivity contribution in [2.75, 3.05) is 23.7 Å². The lowest BCUT2D eigenvalue weighted by Gasteiger charge is -2.24. The van der Waals surface area contributed by atoms with E-state index < -0.39 is 15.9 Å². The number of hydrogen-bond donors (Lipinski definition) is 1. The van der Waals surface area contributed by atoms with E-state index in [0.29, 0.717) is 18.7 Å². The van der Waals surface area contributed by atoms with Gasteiger partial charge in [0, 0.05) is 31.0 Å². The third-order valence-electron chi connectivity index (χ3n) is 6.38. The van der Waals surface area contributed by atoms with E-state index in [1.807, 2.05) is 54.5 Å².